The van der Waals surface area contributed by atoms with E-state index in [0.717, 1.165) is 13.1 Å². The fourth-order valence-electron chi connectivity index (χ4n) is 3.08. The average molecular weight is 388 g/mol. The summed E-state index contributed by atoms with van der Waals surface area (Å²) < 4.78 is 0. The molecule has 0 N–H and O–H groups in total. The van der Waals surface area contributed by atoms with Gasteiger partial charge in [0.15, 0.2) is 0 Å². The zero-order valence-corrected chi connectivity index (χ0v) is 16.6. The van der Waals surface area contributed by atoms with Gasteiger partial charge in [-0.25, -0.2) is 0 Å². The summed E-state index contributed by atoms with van der Waals surface area (Å²) in [7, 11) is 0. The third-order valence-corrected chi connectivity index (χ3v) is 6.08. The van der Waals surface area contributed by atoms with Crippen LogP contribution in [0.15, 0.2) is 95.7 Å². The largest absolute Gasteiger partial charge is 0.362 e. The van der Waals surface area contributed by atoms with Crippen molar-refractivity contribution in [2.24, 2.45) is 0 Å². The molecule has 2 aromatic carbocycles. The molecular weight excluding hydrogens is 366 g/mol. The van der Waals surface area contributed by atoms with E-state index >= 15 is 0 Å². The Morgan fingerprint density at radius 2 is 1.26 bits per heavy atom. The van der Waals surface area contributed by atoms with E-state index < -0.39 is 0 Å². The molecule has 1 nitrogen and oxygen atoms in total. The van der Waals surface area contributed by atoms with Crippen molar-refractivity contribution in [1.29, 1.82) is 0 Å². The van der Waals surface area contributed by atoms with Crippen molar-refractivity contribution < 1.29 is 0 Å². The molecule has 4 rings (SSSR count). The lowest BCUT2D eigenvalue weighted by Gasteiger charge is -2.27. The zero-order chi connectivity index (χ0) is 18.3. The molecule has 0 aliphatic carbocycles. The second-order valence-electron chi connectivity index (χ2n) is 6.35. The second kappa shape index (κ2) is 8.85. The van der Waals surface area contributed by atoms with Crippen molar-refractivity contribution in [3.63, 3.8) is 0 Å². The van der Waals surface area contributed by atoms with E-state index in [1.807, 2.05) is 0 Å². The fourth-order valence-corrected chi connectivity index (χ4v) is 4.51. The number of rotatable bonds is 7. The van der Waals surface area contributed by atoms with Gasteiger partial charge in [0.2, 0.25) is 0 Å². The predicted octanol–water partition coefficient (Wildman–Crippen LogP) is 7.01. The molecule has 0 atom stereocenters. The predicted molar refractivity (Wildman–Crippen MR) is 119 cm³/mol. The topological polar surface area (TPSA) is 3.24 Å². The molecule has 0 radical (unpaired) electrons. The summed E-state index contributed by atoms with van der Waals surface area (Å²) in [4.78, 5) is 5.07. The summed E-state index contributed by atoms with van der Waals surface area (Å²) in [6.07, 6.45) is 2.32. The molecule has 4 aromatic rings. The highest BCUT2D eigenvalue weighted by atomic mass is 32.1. The number of benzene rings is 2. The Hall–Kier alpha value is -2.62. The van der Waals surface area contributed by atoms with Crippen molar-refractivity contribution in [3.8, 4) is 0 Å². The first kappa shape index (κ1) is 17.8. The molecule has 0 saturated carbocycles. The summed E-state index contributed by atoms with van der Waals surface area (Å²) in [5, 5.41) is 4.29. The molecule has 0 saturated heterocycles. The molecule has 0 bridgehead atoms. The Balaban J connectivity index is 1.73. The van der Waals surface area contributed by atoms with E-state index in [2.05, 4.69) is 107 Å². The standard InChI is InChI=1S/C24H21NS2/c1-3-9-20(10-4-1)18-25(19-21-11-5-2-6-12-21)23(24-14-8-16-27-24)17-22-13-7-15-26-22/h1-17H,18-19H2/b23-17+. The van der Waals surface area contributed by atoms with Crippen LogP contribution in [0.4, 0.5) is 0 Å². The zero-order valence-electron chi connectivity index (χ0n) is 15.0. The average Bonchev–Trinajstić information content (AvgIpc) is 3.41. The van der Waals surface area contributed by atoms with Crippen molar-refractivity contribution in [1.82, 2.24) is 4.90 Å². The highest BCUT2D eigenvalue weighted by Gasteiger charge is 2.15. The maximum Gasteiger partial charge on any atom is 0.0561 e. The van der Waals surface area contributed by atoms with Crippen LogP contribution in [0, 0.1) is 0 Å². The van der Waals surface area contributed by atoms with Gasteiger partial charge in [0.1, 0.15) is 0 Å². The first-order chi connectivity index (χ1) is 13.4. The third-order valence-electron chi connectivity index (χ3n) is 4.37. The van der Waals surface area contributed by atoms with E-state index in [9.17, 15) is 0 Å². The van der Waals surface area contributed by atoms with Crippen LogP contribution in [-0.2, 0) is 13.1 Å². The Labute approximate surface area is 168 Å². The Morgan fingerprint density at radius 1 is 0.667 bits per heavy atom. The Kier molecular flexibility index (Phi) is 5.83. The maximum atomic E-state index is 2.48. The minimum atomic E-state index is 0.880. The summed E-state index contributed by atoms with van der Waals surface area (Å²) >= 11 is 3.58. The van der Waals surface area contributed by atoms with Crippen molar-refractivity contribution in [2.45, 2.75) is 13.1 Å². The van der Waals surface area contributed by atoms with Gasteiger partial charge in [-0.1, -0.05) is 72.8 Å². The molecule has 0 unspecified atom stereocenters. The van der Waals surface area contributed by atoms with Gasteiger partial charge in [-0.3, -0.25) is 0 Å². The third kappa shape index (κ3) is 4.76. The summed E-state index contributed by atoms with van der Waals surface area (Å²) in [5.74, 6) is 0. The molecule has 0 fully saturated rings. The van der Waals surface area contributed by atoms with E-state index in [1.165, 1.54) is 26.6 Å². The van der Waals surface area contributed by atoms with Crippen molar-refractivity contribution in [2.75, 3.05) is 0 Å². The van der Waals surface area contributed by atoms with Crippen LogP contribution in [0.2, 0.25) is 0 Å². The lowest BCUT2D eigenvalue weighted by molar-refractivity contribution is 0.386. The van der Waals surface area contributed by atoms with Gasteiger partial charge in [0.25, 0.3) is 0 Å². The highest BCUT2D eigenvalue weighted by Crippen LogP contribution is 2.30. The van der Waals surface area contributed by atoms with Crippen LogP contribution in [0.3, 0.4) is 0 Å². The van der Waals surface area contributed by atoms with Gasteiger partial charge in [0, 0.05) is 18.0 Å². The first-order valence-corrected chi connectivity index (χ1v) is 10.8. The first-order valence-electron chi connectivity index (χ1n) is 9.00. The van der Waals surface area contributed by atoms with Crippen LogP contribution < -0.4 is 0 Å². The molecular formula is C24H21NS2. The van der Waals surface area contributed by atoms with E-state index in [4.69, 9.17) is 0 Å². The summed E-state index contributed by atoms with van der Waals surface area (Å²) in [5.41, 5.74) is 3.92. The molecule has 134 valence electrons. The van der Waals surface area contributed by atoms with Gasteiger partial charge in [0.05, 0.1) is 10.6 Å². The molecule has 2 heterocycles. The van der Waals surface area contributed by atoms with E-state index in [1.54, 1.807) is 22.7 Å². The quantitative estimate of drug-likeness (QED) is 0.330. The number of hydrogen-bond acceptors (Lipinski definition) is 3. The van der Waals surface area contributed by atoms with Gasteiger partial charge >= 0.3 is 0 Å². The lowest BCUT2D eigenvalue weighted by Crippen LogP contribution is -2.21. The molecule has 3 heteroatoms. The van der Waals surface area contributed by atoms with Crippen molar-refractivity contribution in [3.05, 3.63) is 117 Å². The Bertz CT molecular complexity index is 914. The van der Waals surface area contributed by atoms with Crippen LogP contribution in [0.25, 0.3) is 11.8 Å². The highest BCUT2D eigenvalue weighted by molar-refractivity contribution is 7.12. The lowest BCUT2D eigenvalue weighted by atomic mass is 10.1. The van der Waals surface area contributed by atoms with Crippen LogP contribution in [0.1, 0.15) is 20.9 Å². The summed E-state index contributed by atoms with van der Waals surface area (Å²) in [6, 6.07) is 30.1. The van der Waals surface area contributed by atoms with Crippen molar-refractivity contribution >= 4 is 34.4 Å². The monoisotopic (exact) mass is 387 g/mol. The fraction of sp³-hybridized carbons (Fsp3) is 0.0833. The molecule has 0 aliphatic heterocycles. The maximum absolute atomic E-state index is 2.48. The van der Waals surface area contributed by atoms with Gasteiger partial charge in [-0.05, 0) is 40.1 Å². The van der Waals surface area contributed by atoms with E-state index in [0.29, 0.717) is 0 Å². The van der Waals surface area contributed by atoms with E-state index in [-0.39, 0.29) is 0 Å². The SMILES string of the molecule is C(=C(/c1cccs1)N(Cc1ccccc1)Cc1ccccc1)/c1cccs1. The molecule has 27 heavy (non-hydrogen) atoms. The molecule has 2 aromatic heterocycles. The van der Waals surface area contributed by atoms with Gasteiger partial charge < -0.3 is 4.90 Å². The normalized spacial score (nSPS) is 11.5. The summed E-state index contributed by atoms with van der Waals surface area (Å²) in [6.45, 7) is 1.76. The number of hydrogen-bond donors (Lipinski definition) is 0. The Morgan fingerprint density at radius 3 is 1.78 bits per heavy atom. The van der Waals surface area contributed by atoms with Gasteiger partial charge in [-0.15, -0.1) is 22.7 Å². The van der Waals surface area contributed by atoms with Gasteiger partial charge in [-0.2, -0.15) is 0 Å². The van der Waals surface area contributed by atoms with Crippen LogP contribution >= 0.6 is 22.7 Å². The minimum absolute atomic E-state index is 0.880. The molecule has 0 aliphatic rings. The molecule has 0 amide bonds. The number of thiophene rings is 2. The van der Waals surface area contributed by atoms with Crippen LogP contribution in [-0.4, -0.2) is 4.90 Å². The van der Waals surface area contributed by atoms with Crippen LogP contribution in [0.5, 0.6) is 0 Å². The smallest absolute Gasteiger partial charge is 0.0561 e. The molecule has 0 spiro atoms. The number of nitrogens with zero attached hydrogens (tertiary/aromatic N) is 1. The second-order valence-corrected chi connectivity index (χ2v) is 8.28. The minimum Gasteiger partial charge on any atom is -0.362 e.